The van der Waals surface area contributed by atoms with Crippen LogP contribution in [0.5, 0.6) is 0 Å². The number of amides is 1. The molecule has 138 valence electrons. The molecule has 1 aromatic carbocycles. The van der Waals surface area contributed by atoms with E-state index in [-0.39, 0.29) is 16.8 Å². The summed E-state index contributed by atoms with van der Waals surface area (Å²) >= 11 is 0. The highest BCUT2D eigenvalue weighted by Gasteiger charge is 2.27. The van der Waals surface area contributed by atoms with Gasteiger partial charge >= 0.3 is 0 Å². The Morgan fingerprint density at radius 1 is 1.19 bits per heavy atom. The van der Waals surface area contributed by atoms with Crippen LogP contribution in [0.3, 0.4) is 0 Å². The summed E-state index contributed by atoms with van der Waals surface area (Å²) in [5.74, 6) is 0.526. The number of sulfonamides is 1. The van der Waals surface area contributed by atoms with E-state index in [0.717, 1.165) is 24.2 Å². The Morgan fingerprint density at radius 3 is 2.50 bits per heavy atom. The minimum Gasteiger partial charge on any atom is -0.362 e. The van der Waals surface area contributed by atoms with E-state index in [1.807, 2.05) is 31.1 Å². The molecule has 26 heavy (non-hydrogen) atoms. The van der Waals surface area contributed by atoms with Gasteiger partial charge in [0.15, 0.2) is 0 Å². The molecule has 1 amide bonds. The number of nitrogens with zero attached hydrogens (tertiary/aromatic N) is 2. The molecule has 8 heteroatoms. The van der Waals surface area contributed by atoms with Crippen molar-refractivity contribution in [2.75, 3.05) is 19.0 Å². The Balaban J connectivity index is 1.65. The number of carbonyl (C=O) groups is 1. The largest absolute Gasteiger partial charge is 0.362 e. The Hall–Kier alpha value is -2.45. The summed E-state index contributed by atoms with van der Waals surface area (Å²) in [7, 11) is 0.277. The minimum absolute atomic E-state index is 0.0494. The molecule has 1 fully saturated rings. The maximum atomic E-state index is 12.3. The molecular formula is C18H22N4O3S. The van der Waals surface area contributed by atoms with Crippen LogP contribution in [0.25, 0.3) is 0 Å². The van der Waals surface area contributed by atoms with E-state index in [2.05, 4.69) is 15.0 Å². The van der Waals surface area contributed by atoms with Crippen LogP contribution >= 0.6 is 0 Å². The number of benzene rings is 1. The Kier molecular flexibility index (Phi) is 5.24. The van der Waals surface area contributed by atoms with Gasteiger partial charge in [-0.15, -0.1) is 0 Å². The lowest BCUT2D eigenvalue weighted by Gasteiger charge is -2.16. The van der Waals surface area contributed by atoms with Crippen molar-refractivity contribution in [1.82, 2.24) is 15.0 Å². The number of carbonyl (C=O) groups excluding carboxylic acids is 1. The van der Waals surface area contributed by atoms with Crippen LogP contribution in [-0.4, -0.2) is 39.4 Å². The maximum Gasteiger partial charge on any atom is 0.251 e. The van der Waals surface area contributed by atoms with E-state index in [4.69, 9.17) is 0 Å². The molecule has 7 nitrogen and oxygen atoms in total. The van der Waals surface area contributed by atoms with Gasteiger partial charge in [0, 0.05) is 44.0 Å². The van der Waals surface area contributed by atoms with Gasteiger partial charge in [0.1, 0.15) is 5.82 Å². The Bertz CT molecular complexity index is 891. The lowest BCUT2D eigenvalue weighted by molar-refractivity contribution is 0.0951. The first kappa shape index (κ1) is 18.3. The molecule has 3 rings (SSSR count). The summed E-state index contributed by atoms with van der Waals surface area (Å²) in [6.07, 6.45) is 3.46. The van der Waals surface area contributed by atoms with Gasteiger partial charge in [-0.3, -0.25) is 4.79 Å². The summed E-state index contributed by atoms with van der Waals surface area (Å²) in [6, 6.07) is 9.72. The summed E-state index contributed by atoms with van der Waals surface area (Å²) in [5, 5.41) is 2.84. The molecule has 0 radical (unpaired) electrons. The molecule has 1 aromatic heterocycles. The molecular weight excluding hydrogens is 352 g/mol. The van der Waals surface area contributed by atoms with Gasteiger partial charge in [0.2, 0.25) is 10.0 Å². The molecule has 0 unspecified atom stereocenters. The molecule has 1 aliphatic rings. The molecule has 1 aliphatic carbocycles. The fourth-order valence-corrected chi connectivity index (χ4v) is 3.83. The summed E-state index contributed by atoms with van der Waals surface area (Å²) in [5.41, 5.74) is 1.31. The number of hydrogen-bond acceptors (Lipinski definition) is 5. The van der Waals surface area contributed by atoms with E-state index in [1.165, 1.54) is 24.3 Å². The predicted molar refractivity (Wildman–Crippen MR) is 99.5 cm³/mol. The van der Waals surface area contributed by atoms with Crippen molar-refractivity contribution in [3.63, 3.8) is 0 Å². The topological polar surface area (TPSA) is 91.4 Å². The van der Waals surface area contributed by atoms with Crippen LogP contribution in [0.2, 0.25) is 0 Å². The molecule has 0 aliphatic heterocycles. The summed E-state index contributed by atoms with van der Waals surface area (Å²) < 4.78 is 26.9. The third-order valence-electron chi connectivity index (χ3n) is 4.06. The number of aromatic nitrogens is 1. The van der Waals surface area contributed by atoms with Crippen molar-refractivity contribution in [2.24, 2.45) is 0 Å². The highest BCUT2D eigenvalue weighted by Crippen LogP contribution is 2.22. The first-order chi connectivity index (χ1) is 12.4. The van der Waals surface area contributed by atoms with Crippen molar-refractivity contribution in [2.45, 2.75) is 30.3 Å². The zero-order valence-electron chi connectivity index (χ0n) is 14.8. The van der Waals surface area contributed by atoms with E-state index in [1.54, 1.807) is 6.20 Å². The number of anilines is 1. The van der Waals surface area contributed by atoms with Gasteiger partial charge in [0.05, 0.1) is 4.90 Å². The second kappa shape index (κ2) is 7.43. The molecule has 2 N–H and O–H groups in total. The average Bonchev–Trinajstić information content (AvgIpc) is 3.43. The van der Waals surface area contributed by atoms with Crippen molar-refractivity contribution in [3.05, 3.63) is 53.7 Å². The lowest BCUT2D eigenvalue weighted by atomic mass is 10.2. The van der Waals surface area contributed by atoms with Crippen molar-refractivity contribution in [1.29, 1.82) is 0 Å². The third kappa shape index (κ3) is 4.39. The van der Waals surface area contributed by atoms with E-state index in [0.29, 0.717) is 12.1 Å². The fourth-order valence-electron chi connectivity index (χ4n) is 2.52. The maximum absolute atomic E-state index is 12.3. The molecule has 0 bridgehead atoms. The highest BCUT2D eigenvalue weighted by molar-refractivity contribution is 7.89. The van der Waals surface area contributed by atoms with E-state index < -0.39 is 10.0 Å². The quantitative estimate of drug-likeness (QED) is 0.767. The van der Waals surface area contributed by atoms with E-state index >= 15 is 0 Å². The predicted octanol–water partition coefficient (Wildman–Crippen LogP) is 1.52. The molecule has 1 saturated carbocycles. The van der Waals surface area contributed by atoms with Gasteiger partial charge in [-0.25, -0.2) is 18.1 Å². The second-order valence-electron chi connectivity index (χ2n) is 6.48. The highest BCUT2D eigenvalue weighted by atomic mass is 32.2. The number of pyridine rings is 1. The van der Waals surface area contributed by atoms with Crippen LogP contribution in [0.4, 0.5) is 5.82 Å². The normalized spacial score (nSPS) is 14.1. The summed E-state index contributed by atoms with van der Waals surface area (Å²) in [6.45, 7) is 0.337. The summed E-state index contributed by atoms with van der Waals surface area (Å²) in [4.78, 5) is 18.7. The van der Waals surface area contributed by atoms with Gasteiger partial charge in [-0.1, -0.05) is 6.07 Å². The zero-order chi connectivity index (χ0) is 18.7. The Labute approximate surface area is 153 Å². The second-order valence-corrected chi connectivity index (χ2v) is 8.20. The number of nitrogens with one attached hydrogen (secondary N) is 2. The van der Waals surface area contributed by atoms with Crippen molar-refractivity contribution in [3.8, 4) is 0 Å². The number of rotatable bonds is 7. The molecule has 2 aromatic rings. The molecule has 1 heterocycles. The molecule has 0 saturated heterocycles. The molecule has 0 atom stereocenters. The third-order valence-corrected chi connectivity index (χ3v) is 5.59. The minimum atomic E-state index is -3.51. The molecule has 0 spiro atoms. The van der Waals surface area contributed by atoms with Gasteiger partial charge in [0.25, 0.3) is 5.91 Å². The van der Waals surface area contributed by atoms with Gasteiger partial charge in [-0.05, 0) is 43.2 Å². The van der Waals surface area contributed by atoms with Crippen LogP contribution in [-0.2, 0) is 16.6 Å². The van der Waals surface area contributed by atoms with Crippen LogP contribution in [0.15, 0.2) is 47.5 Å². The first-order valence-electron chi connectivity index (χ1n) is 8.38. The number of hydrogen-bond donors (Lipinski definition) is 2. The smallest absolute Gasteiger partial charge is 0.251 e. The average molecular weight is 374 g/mol. The van der Waals surface area contributed by atoms with Crippen molar-refractivity contribution < 1.29 is 13.2 Å². The van der Waals surface area contributed by atoms with Crippen LogP contribution < -0.4 is 14.9 Å². The fraction of sp³-hybridized carbons (Fsp3) is 0.333. The van der Waals surface area contributed by atoms with Gasteiger partial charge < -0.3 is 10.2 Å². The van der Waals surface area contributed by atoms with Crippen LogP contribution in [0, 0.1) is 0 Å². The lowest BCUT2D eigenvalue weighted by Crippen LogP contribution is -2.26. The SMILES string of the molecule is CN(C)c1ncccc1CNC(=O)c1ccc(S(=O)(=O)NC2CC2)cc1. The Morgan fingerprint density at radius 2 is 1.88 bits per heavy atom. The van der Waals surface area contributed by atoms with E-state index in [9.17, 15) is 13.2 Å². The standard InChI is InChI=1S/C18H22N4O3S/c1-22(2)17-14(4-3-11-19-17)12-20-18(23)13-5-9-16(10-6-13)26(24,25)21-15-7-8-15/h3-6,9-11,15,21H,7-8,12H2,1-2H3,(H,20,23). The van der Waals surface area contributed by atoms with Crippen LogP contribution in [0.1, 0.15) is 28.8 Å². The zero-order valence-corrected chi connectivity index (χ0v) is 15.6. The van der Waals surface area contributed by atoms with Crippen molar-refractivity contribution >= 4 is 21.7 Å². The first-order valence-corrected chi connectivity index (χ1v) is 9.87. The van der Waals surface area contributed by atoms with Gasteiger partial charge in [-0.2, -0.15) is 0 Å². The monoisotopic (exact) mass is 374 g/mol.